The third kappa shape index (κ3) is 3.04. The van der Waals surface area contributed by atoms with Gasteiger partial charge in [0.2, 0.25) is 5.69 Å². The number of rotatable bonds is 2. The molecule has 0 atom stereocenters. The van der Waals surface area contributed by atoms with Gasteiger partial charge in [-0.2, -0.15) is 0 Å². The van der Waals surface area contributed by atoms with Crippen molar-refractivity contribution in [2.24, 2.45) is 7.05 Å². The van der Waals surface area contributed by atoms with Crippen molar-refractivity contribution in [3.63, 3.8) is 0 Å². The smallest absolute Gasteiger partial charge is 0.201 e. The van der Waals surface area contributed by atoms with Crippen LogP contribution in [-0.4, -0.2) is 0 Å². The lowest BCUT2D eigenvalue weighted by Gasteiger charge is -2.13. The minimum atomic E-state index is 1.25. The van der Waals surface area contributed by atoms with Crippen LogP contribution in [-0.2, 0) is 7.05 Å². The summed E-state index contributed by atoms with van der Waals surface area (Å²) in [7, 11) is 2.14. The summed E-state index contributed by atoms with van der Waals surface area (Å²) in [5, 5.41) is 2.68. The van der Waals surface area contributed by atoms with Gasteiger partial charge in [-0.15, -0.1) is 0 Å². The van der Waals surface area contributed by atoms with Crippen LogP contribution in [0.2, 0.25) is 0 Å². The van der Waals surface area contributed by atoms with E-state index in [0.717, 1.165) is 0 Å². The Bertz CT molecular complexity index is 1150. The highest BCUT2D eigenvalue weighted by Gasteiger charge is 2.18. The van der Waals surface area contributed by atoms with Gasteiger partial charge in [-0.25, -0.2) is 4.57 Å². The fourth-order valence-corrected chi connectivity index (χ4v) is 4.06. The number of hydrogen-bond acceptors (Lipinski definition) is 0. The van der Waals surface area contributed by atoms with Gasteiger partial charge < -0.3 is 0 Å². The molecular formula is C26H26N+. The number of benzene rings is 3. The van der Waals surface area contributed by atoms with Crippen LogP contribution < -0.4 is 4.57 Å². The van der Waals surface area contributed by atoms with Gasteiger partial charge >= 0.3 is 0 Å². The van der Waals surface area contributed by atoms with E-state index >= 15 is 0 Å². The molecule has 0 unspecified atom stereocenters. The molecule has 1 heterocycles. The largest absolute Gasteiger partial charge is 0.213 e. The predicted molar refractivity (Wildman–Crippen MR) is 115 cm³/mol. The maximum Gasteiger partial charge on any atom is 0.213 e. The lowest BCUT2D eigenvalue weighted by molar-refractivity contribution is -0.660. The average Bonchev–Trinajstić information content (AvgIpc) is 2.66. The maximum atomic E-state index is 2.34. The predicted octanol–water partition coefficient (Wildman–Crippen LogP) is 6.23. The molecule has 27 heavy (non-hydrogen) atoms. The molecule has 0 amide bonds. The molecule has 0 spiro atoms. The fourth-order valence-electron chi connectivity index (χ4n) is 4.06. The molecule has 134 valence electrons. The highest BCUT2D eigenvalue weighted by atomic mass is 14.9. The molecule has 0 N–H and O–H groups in total. The lowest BCUT2D eigenvalue weighted by Crippen LogP contribution is -2.31. The van der Waals surface area contributed by atoms with Gasteiger partial charge in [0.15, 0.2) is 6.20 Å². The van der Waals surface area contributed by atoms with E-state index in [-0.39, 0.29) is 0 Å². The Labute approximate surface area is 161 Å². The number of aromatic nitrogens is 1. The van der Waals surface area contributed by atoms with Gasteiger partial charge in [-0.1, -0.05) is 54.1 Å². The van der Waals surface area contributed by atoms with Gasteiger partial charge in [-0.05, 0) is 66.8 Å². The first kappa shape index (κ1) is 17.5. The van der Waals surface area contributed by atoms with Crippen LogP contribution in [0.3, 0.4) is 0 Å². The van der Waals surface area contributed by atoms with E-state index < -0.39 is 0 Å². The zero-order chi connectivity index (χ0) is 19.1. The highest BCUT2D eigenvalue weighted by molar-refractivity contribution is 5.93. The van der Waals surface area contributed by atoms with E-state index in [1.54, 1.807) is 0 Å². The van der Waals surface area contributed by atoms with Gasteiger partial charge in [-0.3, -0.25) is 0 Å². The van der Waals surface area contributed by atoms with Crippen molar-refractivity contribution in [2.45, 2.75) is 27.7 Å². The zero-order valence-electron chi connectivity index (χ0n) is 16.8. The molecule has 1 heteroatoms. The van der Waals surface area contributed by atoms with Gasteiger partial charge in [0.25, 0.3) is 0 Å². The van der Waals surface area contributed by atoms with Crippen LogP contribution in [0.25, 0.3) is 33.2 Å². The molecular weight excluding hydrogens is 326 g/mol. The van der Waals surface area contributed by atoms with Crippen LogP contribution in [0.4, 0.5) is 0 Å². The Kier molecular flexibility index (Phi) is 4.31. The Morgan fingerprint density at radius 1 is 0.667 bits per heavy atom. The second kappa shape index (κ2) is 6.66. The van der Waals surface area contributed by atoms with Crippen molar-refractivity contribution >= 4 is 10.8 Å². The van der Waals surface area contributed by atoms with E-state index in [9.17, 15) is 0 Å². The summed E-state index contributed by atoms with van der Waals surface area (Å²) < 4.78 is 2.25. The molecule has 1 aromatic heterocycles. The second-order valence-corrected chi connectivity index (χ2v) is 7.64. The third-order valence-electron chi connectivity index (χ3n) is 5.63. The maximum absolute atomic E-state index is 2.34. The van der Waals surface area contributed by atoms with E-state index in [1.807, 2.05) is 0 Å². The molecule has 0 bridgehead atoms. The first-order valence-corrected chi connectivity index (χ1v) is 9.52. The van der Waals surface area contributed by atoms with Crippen LogP contribution >= 0.6 is 0 Å². The van der Waals surface area contributed by atoms with Crippen molar-refractivity contribution in [3.8, 4) is 22.4 Å². The highest BCUT2D eigenvalue weighted by Crippen LogP contribution is 2.33. The standard InChI is InChI=1S/C26H26N/c1-17-10-12-21(13-11-17)24-15-26(27(5)16-19(24)3)25-14-18(2)22-8-6-7-9-23(22)20(25)4/h6-16H,1-5H3/q+1. The molecule has 3 aromatic carbocycles. The average molecular weight is 353 g/mol. The van der Waals surface area contributed by atoms with Gasteiger partial charge in [0, 0.05) is 17.2 Å². The Hall–Kier alpha value is -2.93. The number of pyridine rings is 1. The Morgan fingerprint density at radius 3 is 2.04 bits per heavy atom. The molecule has 1 nitrogen and oxygen atoms in total. The molecule has 0 aliphatic heterocycles. The summed E-state index contributed by atoms with van der Waals surface area (Å²) in [6.07, 6.45) is 2.24. The molecule has 0 fully saturated rings. The van der Waals surface area contributed by atoms with E-state index in [0.29, 0.717) is 0 Å². The van der Waals surface area contributed by atoms with Crippen LogP contribution in [0.5, 0.6) is 0 Å². The summed E-state index contributed by atoms with van der Waals surface area (Å²) in [6, 6.07) is 22.2. The Morgan fingerprint density at radius 2 is 1.33 bits per heavy atom. The minimum Gasteiger partial charge on any atom is -0.201 e. The normalized spacial score (nSPS) is 11.1. The number of aryl methyl sites for hydroxylation is 5. The molecule has 0 aliphatic rings. The van der Waals surface area contributed by atoms with Crippen molar-refractivity contribution in [1.82, 2.24) is 0 Å². The molecule has 4 aromatic rings. The van der Waals surface area contributed by atoms with Crippen molar-refractivity contribution < 1.29 is 4.57 Å². The molecule has 0 aliphatic carbocycles. The van der Waals surface area contributed by atoms with E-state index in [1.165, 1.54) is 55.4 Å². The van der Waals surface area contributed by atoms with Gasteiger partial charge in [0.1, 0.15) is 7.05 Å². The molecule has 0 radical (unpaired) electrons. The summed E-state index contributed by atoms with van der Waals surface area (Å²) in [5.41, 5.74) is 10.4. The summed E-state index contributed by atoms with van der Waals surface area (Å²) in [6.45, 7) is 8.77. The first-order valence-electron chi connectivity index (χ1n) is 9.52. The molecule has 4 rings (SSSR count). The fraction of sp³-hybridized carbons (Fsp3) is 0.192. The topological polar surface area (TPSA) is 3.88 Å². The van der Waals surface area contributed by atoms with Crippen LogP contribution in [0.1, 0.15) is 22.3 Å². The first-order chi connectivity index (χ1) is 13.0. The zero-order valence-corrected chi connectivity index (χ0v) is 16.8. The number of hydrogen-bond donors (Lipinski definition) is 0. The monoisotopic (exact) mass is 352 g/mol. The van der Waals surface area contributed by atoms with E-state index in [4.69, 9.17) is 0 Å². The van der Waals surface area contributed by atoms with Gasteiger partial charge in [0.05, 0.1) is 0 Å². The summed E-state index contributed by atoms with van der Waals surface area (Å²) >= 11 is 0. The number of fused-ring (bicyclic) bond motifs is 1. The van der Waals surface area contributed by atoms with Crippen LogP contribution in [0, 0.1) is 27.7 Å². The van der Waals surface area contributed by atoms with Crippen LogP contribution in [0.15, 0.2) is 66.9 Å². The molecule has 0 saturated heterocycles. The van der Waals surface area contributed by atoms with Crippen molar-refractivity contribution in [3.05, 3.63) is 89.1 Å². The second-order valence-electron chi connectivity index (χ2n) is 7.64. The lowest BCUT2D eigenvalue weighted by atomic mass is 9.92. The molecule has 0 saturated carbocycles. The minimum absolute atomic E-state index is 1.25. The quantitative estimate of drug-likeness (QED) is 0.376. The summed E-state index contributed by atoms with van der Waals surface area (Å²) in [5.74, 6) is 0. The van der Waals surface area contributed by atoms with E-state index in [2.05, 4.69) is 106 Å². The third-order valence-corrected chi connectivity index (χ3v) is 5.63. The summed E-state index contributed by atoms with van der Waals surface area (Å²) in [4.78, 5) is 0. The Balaban J connectivity index is 1.97. The van der Waals surface area contributed by atoms with Crippen molar-refractivity contribution in [1.29, 1.82) is 0 Å². The van der Waals surface area contributed by atoms with Crippen molar-refractivity contribution in [2.75, 3.05) is 0 Å². The number of nitrogens with zero attached hydrogens (tertiary/aromatic N) is 1. The SMILES string of the molecule is Cc1ccc(-c2cc(-c3cc(C)c4ccccc4c3C)[n+](C)cc2C)cc1.